The number of H-pyrrole nitrogens is 1. The molecule has 0 saturated carbocycles. The van der Waals surface area contributed by atoms with Crippen molar-refractivity contribution in [2.24, 2.45) is 0 Å². The first-order valence-electron chi connectivity index (χ1n) is 6.62. The van der Waals surface area contributed by atoms with Crippen LogP contribution in [0.1, 0.15) is 19.5 Å². The minimum absolute atomic E-state index is 0.303. The molecule has 0 fully saturated rings. The number of benzene rings is 1. The highest BCUT2D eigenvalue weighted by Crippen LogP contribution is 2.48. The summed E-state index contributed by atoms with van der Waals surface area (Å²) in [6.45, 7) is 6.07. The van der Waals surface area contributed by atoms with E-state index < -0.39 is 7.60 Å². The van der Waals surface area contributed by atoms with Crippen LogP contribution >= 0.6 is 7.60 Å². The van der Waals surface area contributed by atoms with Crippen LogP contribution in [0.4, 0.5) is 0 Å². The Morgan fingerprint density at radius 1 is 1.15 bits per heavy atom. The molecule has 20 heavy (non-hydrogen) atoms. The largest absolute Gasteiger partial charge is 0.382 e. The Labute approximate surface area is 118 Å². The maximum Gasteiger partial charge on any atom is 0.382 e. The molecule has 0 aliphatic heterocycles. The maximum atomic E-state index is 12.9. The molecule has 5 nitrogen and oxygen atoms in total. The summed E-state index contributed by atoms with van der Waals surface area (Å²) in [5.41, 5.74) is 2.92. The maximum absolute atomic E-state index is 12.9. The lowest BCUT2D eigenvalue weighted by molar-refractivity contribution is 0.229. The summed E-state index contributed by atoms with van der Waals surface area (Å²) in [5, 5.41) is 7.04. The van der Waals surface area contributed by atoms with Crippen molar-refractivity contribution in [1.82, 2.24) is 10.2 Å². The smallest absolute Gasteiger partial charge is 0.304 e. The van der Waals surface area contributed by atoms with Gasteiger partial charge in [-0.2, -0.15) is 5.10 Å². The third-order valence-corrected chi connectivity index (χ3v) is 4.89. The SMILES string of the molecule is CCOP(=O)(OCC)c1n[nH]c(C)c1-c1ccccc1. The summed E-state index contributed by atoms with van der Waals surface area (Å²) in [4.78, 5) is 0. The Morgan fingerprint density at radius 3 is 2.30 bits per heavy atom. The van der Waals surface area contributed by atoms with Gasteiger partial charge in [0.25, 0.3) is 0 Å². The lowest BCUT2D eigenvalue weighted by Gasteiger charge is -2.16. The molecule has 2 rings (SSSR count). The van der Waals surface area contributed by atoms with Crippen molar-refractivity contribution in [2.75, 3.05) is 13.2 Å². The average Bonchev–Trinajstić information content (AvgIpc) is 2.83. The van der Waals surface area contributed by atoms with E-state index in [4.69, 9.17) is 9.05 Å². The highest BCUT2D eigenvalue weighted by atomic mass is 31.2. The normalized spacial score (nSPS) is 11.8. The van der Waals surface area contributed by atoms with Gasteiger partial charge in [-0.1, -0.05) is 30.3 Å². The molecule has 1 N–H and O–H groups in total. The predicted molar refractivity (Wildman–Crippen MR) is 79.3 cm³/mol. The third kappa shape index (κ3) is 2.85. The van der Waals surface area contributed by atoms with Gasteiger partial charge in [0.1, 0.15) is 0 Å². The molecule has 2 aromatic rings. The van der Waals surface area contributed by atoms with Crippen LogP contribution in [0.3, 0.4) is 0 Å². The van der Waals surface area contributed by atoms with Crippen molar-refractivity contribution >= 4 is 13.0 Å². The molecular weight excluding hydrogens is 275 g/mol. The van der Waals surface area contributed by atoms with Gasteiger partial charge in [-0.05, 0) is 26.3 Å². The van der Waals surface area contributed by atoms with Gasteiger partial charge in [0.2, 0.25) is 0 Å². The van der Waals surface area contributed by atoms with E-state index in [2.05, 4.69) is 10.2 Å². The minimum atomic E-state index is -3.40. The van der Waals surface area contributed by atoms with Crippen LogP contribution in [0.2, 0.25) is 0 Å². The van der Waals surface area contributed by atoms with Crippen LogP contribution in [0.5, 0.6) is 0 Å². The topological polar surface area (TPSA) is 64.2 Å². The minimum Gasteiger partial charge on any atom is -0.304 e. The molecule has 0 amide bonds. The molecule has 108 valence electrons. The molecule has 1 heterocycles. The summed E-state index contributed by atoms with van der Waals surface area (Å²) in [5.74, 6) is 0. The predicted octanol–water partition coefficient (Wildman–Crippen LogP) is 3.28. The molecule has 0 aliphatic carbocycles. The zero-order valence-corrected chi connectivity index (χ0v) is 12.8. The van der Waals surface area contributed by atoms with Crippen molar-refractivity contribution in [3.05, 3.63) is 36.0 Å². The number of nitrogens with zero attached hydrogens (tertiary/aromatic N) is 1. The van der Waals surface area contributed by atoms with Crippen LogP contribution in [0, 0.1) is 6.92 Å². The van der Waals surface area contributed by atoms with Gasteiger partial charge in [-0.25, -0.2) is 0 Å². The Balaban J connectivity index is 2.55. The standard InChI is InChI=1S/C14H19N2O3P/c1-4-18-20(17,19-5-2)14-13(11(3)15-16-14)12-9-7-6-8-10-12/h6-10H,4-5H2,1-3H3,(H,15,16). The van der Waals surface area contributed by atoms with Crippen molar-refractivity contribution in [3.63, 3.8) is 0 Å². The van der Waals surface area contributed by atoms with E-state index in [0.717, 1.165) is 16.8 Å². The molecule has 6 heteroatoms. The lowest BCUT2D eigenvalue weighted by atomic mass is 10.1. The van der Waals surface area contributed by atoms with Gasteiger partial charge in [0.05, 0.1) is 13.2 Å². The van der Waals surface area contributed by atoms with Gasteiger partial charge >= 0.3 is 7.60 Å². The first-order valence-corrected chi connectivity index (χ1v) is 8.16. The second-order valence-electron chi connectivity index (χ2n) is 4.25. The number of nitrogens with one attached hydrogen (secondary N) is 1. The number of hydrogen-bond donors (Lipinski definition) is 1. The second kappa shape index (κ2) is 6.35. The summed E-state index contributed by atoms with van der Waals surface area (Å²) in [6.07, 6.45) is 0. The Morgan fingerprint density at radius 2 is 1.75 bits per heavy atom. The van der Waals surface area contributed by atoms with E-state index in [-0.39, 0.29) is 0 Å². The van der Waals surface area contributed by atoms with Crippen molar-refractivity contribution in [1.29, 1.82) is 0 Å². The zero-order valence-electron chi connectivity index (χ0n) is 11.9. The van der Waals surface area contributed by atoms with Crippen molar-refractivity contribution in [3.8, 4) is 11.1 Å². The van der Waals surface area contributed by atoms with E-state index in [0.29, 0.717) is 18.6 Å². The van der Waals surface area contributed by atoms with Gasteiger partial charge < -0.3 is 9.05 Å². The van der Waals surface area contributed by atoms with E-state index in [1.165, 1.54) is 0 Å². The lowest BCUT2D eigenvalue weighted by Crippen LogP contribution is -2.14. The summed E-state index contributed by atoms with van der Waals surface area (Å²) >= 11 is 0. The van der Waals surface area contributed by atoms with E-state index in [1.807, 2.05) is 37.3 Å². The molecule has 0 bridgehead atoms. The fourth-order valence-electron chi connectivity index (χ4n) is 2.06. The summed E-state index contributed by atoms with van der Waals surface area (Å²) < 4.78 is 23.7. The number of aryl methyl sites for hydroxylation is 1. The van der Waals surface area contributed by atoms with Crippen molar-refractivity contribution in [2.45, 2.75) is 20.8 Å². The molecule has 0 radical (unpaired) electrons. The molecule has 0 aliphatic rings. The zero-order chi connectivity index (χ0) is 14.6. The second-order valence-corrected chi connectivity index (χ2v) is 6.18. The Kier molecular flexibility index (Phi) is 4.76. The first kappa shape index (κ1) is 15.0. The summed E-state index contributed by atoms with van der Waals surface area (Å²) in [7, 11) is -3.40. The van der Waals surface area contributed by atoms with Crippen molar-refractivity contribution < 1.29 is 13.6 Å². The van der Waals surface area contributed by atoms with Gasteiger partial charge in [-0.3, -0.25) is 9.66 Å². The van der Waals surface area contributed by atoms with Crippen LogP contribution in [-0.4, -0.2) is 23.4 Å². The molecule has 0 unspecified atom stereocenters. The van der Waals surface area contributed by atoms with Gasteiger partial charge in [-0.15, -0.1) is 0 Å². The molecular formula is C14H19N2O3P. The molecule has 0 atom stereocenters. The van der Waals surface area contributed by atoms with Crippen LogP contribution < -0.4 is 5.44 Å². The summed E-state index contributed by atoms with van der Waals surface area (Å²) in [6, 6.07) is 9.69. The number of rotatable bonds is 6. The van der Waals surface area contributed by atoms with E-state index >= 15 is 0 Å². The quantitative estimate of drug-likeness (QED) is 0.830. The Bertz CT molecular complexity index is 600. The first-order chi connectivity index (χ1) is 9.62. The van der Waals surface area contributed by atoms with Gasteiger partial charge in [0.15, 0.2) is 5.44 Å². The monoisotopic (exact) mass is 294 g/mol. The highest BCUT2D eigenvalue weighted by Gasteiger charge is 2.34. The van der Waals surface area contributed by atoms with E-state index in [9.17, 15) is 4.57 Å². The number of aromatic nitrogens is 2. The molecule has 0 spiro atoms. The van der Waals surface area contributed by atoms with Gasteiger partial charge in [0, 0.05) is 11.3 Å². The fraction of sp³-hybridized carbons (Fsp3) is 0.357. The van der Waals surface area contributed by atoms with Crippen LogP contribution in [0.15, 0.2) is 30.3 Å². The molecule has 1 aromatic heterocycles. The average molecular weight is 294 g/mol. The van der Waals surface area contributed by atoms with Crippen LogP contribution in [-0.2, 0) is 13.6 Å². The third-order valence-electron chi connectivity index (χ3n) is 2.85. The number of hydrogen-bond acceptors (Lipinski definition) is 4. The highest BCUT2D eigenvalue weighted by molar-refractivity contribution is 7.62. The van der Waals surface area contributed by atoms with Crippen LogP contribution in [0.25, 0.3) is 11.1 Å². The molecule has 0 saturated heterocycles. The fourth-order valence-corrected chi connectivity index (χ4v) is 3.81. The molecule has 1 aromatic carbocycles. The Hall–Kier alpha value is -1.42. The number of aromatic amines is 1. The van der Waals surface area contributed by atoms with E-state index in [1.54, 1.807) is 13.8 Å².